The molecule has 2 heterocycles. The normalized spacial score (nSPS) is 12.8. The van der Waals surface area contributed by atoms with Gasteiger partial charge in [-0.15, -0.1) is 11.3 Å². The van der Waals surface area contributed by atoms with Crippen LogP contribution in [0.3, 0.4) is 0 Å². The van der Waals surface area contributed by atoms with Crippen LogP contribution < -0.4 is 5.32 Å². The molecule has 0 spiro atoms. The lowest BCUT2D eigenvalue weighted by atomic mass is 10.1. The van der Waals surface area contributed by atoms with Gasteiger partial charge >= 0.3 is 0 Å². The summed E-state index contributed by atoms with van der Waals surface area (Å²) >= 11 is 5.37. The van der Waals surface area contributed by atoms with Gasteiger partial charge in [0, 0.05) is 18.3 Å². The third-order valence-electron chi connectivity index (χ3n) is 3.32. The first-order valence-corrected chi connectivity index (χ1v) is 9.18. The summed E-state index contributed by atoms with van der Waals surface area (Å²) < 4.78 is 3.19. The largest absolute Gasteiger partial charge is 0.308 e. The predicted molar refractivity (Wildman–Crippen MR) is 91.8 cm³/mol. The third-order valence-corrected chi connectivity index (χ3v) is 4.75. The third kappa shape index (κ3) is 4.37. The first-order chi connectivity index (χ1) is 10.2. The molecule has 1 atom stereocenters. The van der Waals surface area contributed by atoms with E-state index in [1.54, 1.807) is 11.3 Å². The van der Waals surface area contributed by atoms with E-state index in [-0.39, 0.29) is 6.04 Å². The zero-order chi connectivity index (χ0) is 15.2. The molecule has 0 aliphatic heterocycles. The highest BCUT2D eigenvalue weighted by Crippen LogP contribution is 2.27. The highest BCUT2D eigenvalue weighted by molar-refractivity contribution is 9.10. The molecule has 0 amide bonds. The highest BCUT2D eigenvalue weighted by atomic mass is 79.9. The minimum atomic E-state index is 0.245. The average molecular weight is 371 g/mol. The van der Waals surface area contributed by atoms with E-state index in [4.69, 9.17) is 0 Å². The van der Waals surface area contributed by atoms with Crippen molar-refractivity contribution < 1.29 is 0 Å². The standard InChI is InChI=1S/C15H23BrN4S/c1-4-6-17-14(8-12-10-21-11(3)19-12)15-13(16)9-18-20(15)7-5-2/h9-10,14,17H,4-8H2,1-3H3. The van der Waals surface area contributed by atoms with Crippen molar-refractivity contribution in [2.24, 2.45) is 0 Å². The summed E-state index contributed by atoms with van der Waals surface area (Å²) in [5.74, 6) is 0. The van der Waals surface area contributed by atoms with Gasteiger partial charge < -0.3 is 5.32 Å². The van der Waals surface area contributed by atoms with Crippen LogP contribution in [-0.2, 0) is 13.0 Å². The summed E-state index contributed by atoms with van der Waals surface area (Å²) in [4.78, 5) is 4.61. The smallest absolute Gasteiger partial charge is 0.0897 e. The molecule has 0 aromatic carbocycles. The Balaban J connectivity index is 2.24. The van der Waals surface area contributed by atoms with Crippen molar-refractivity contribution in [2.75, 3.05) is 6.54 Å². The number of thiazole rings is 1. The second-order valence-electron chi connectivity index (χ2n) is 5.17. The Morgan fingerprint density at radius 3 is 2.81 bits per heavy atom. The van der Waals surface area contributed by atoms with Crippen LogP contribution in [-0.4, -0.2) is 21.3 Å². The Kier molecular flexibility index (Phi) is 6.39. The van der Waals surface area contributed by atoms with Crippen LogP contribution in [0.1, 0.15) is 49.1 Å². The van der Waals surface area contributed by atoms with Crippen LogP contribution in [0.4, 0.5) is 0 Å². The molecule has 1 N–H and O–H groups in total. The fraction of sp³-hybridized carbons (Fsp3) is 0.600. The van der Waals surface area contributed by atoms with Gasteiger partial charge in [0.05, 0.1) is 33.1 Å². The summed E-state index contributed by atoms with van der Waals surface area (Å²) in [6.07, 6.45) is 5.00. The van der Waals surface area contributed by atoms with E-state index in [1.165, 1.54) is 5.69 Å². The van der Waals surface area contributed by atoms with Gasteiger partial charge in [-0.3, -0.25) is 4.68 Å². The number of halogens is 1. The fourth-order valence-corrected chi connectivity index (χ4v) is 3.60. The van der Waals surface area contributed by atoms with Crippen LogP contribution in [0, 0.1) is 6.92 Å². The molecule has 0 aliphatic carbocycles. The van der Waals surface area contributed by atoms with E-state index >= 15 is 0 Å². The lowest BCUT2D eigenvalue weighted by Gasteiger charge is -2.20. The molecule has 21 heavy (non-hydrogen) atoms. The quantitative estimate of drug-likeness (QED) is 0.760. The van der Waals surface area contributed by atoms with Gasteiger partial charge in [0.1, 0.15) is 0 Å². The Labute approximate surface area is 139 Å². The minimum absolute atomic E-state index is 0.245. The molecule has 2 aromatic heterocycles. The number of hydrogen-bond acceptors (Lipinski definition) is 4. The summed E-state index contributed by atoms with van der Waals surface area (Å²) in [6, 6.07) is 0.245. The summed E-state index contributed by atoms with van der Waals surface area (Å²) in [6.45, 7) is 8.37. The van der Waals surface area contributed by atoms with Gasteiger partial charge in [-0.2, -0.15) is 5.10 Å². The number of hydrogen-bond donors (Lipinski definition) is 1. The molecule has 0 aliphatic rings. The van der Waals surface area contributed by atoms with Crippen LogP contribution in [0.25, 0.3) is 0 Å². The van der Waals surface area contributed by atoms with Crippen LogP contribution in [0.15, 0.2) is 16.0 Å². The van der Waals surface area contributed by atoms with Crippen molar-refractivity contribution in [2.45, 2.75) is 52.6 Å². The fourth-order valence-electron chi connectivity index (χ4n) is 2.40. The SMILES string of the molecule is CCCNC(Cc1csc(C)n1)c1c(Br)cnn1CCC. The molecule has 6 heteroatoms. The first kappa shape index (κ1) is 16.6. The molecule has 0 fully saturated rings. The van der Waals surface area contributed by atoms with E-state index in [0.717, 1.165) is 47.5 Å². The number of rotatable bonds is 8. The maximum Gasteiger partial charge on any atom is 0.0897 e. The van der Waals surface area contributed by atoms with Crippen molar-refractivity contribution in [1.29, 1.82) is 0 Å². The molecule has 2 aromatic rings. The van der Waals surface area contributed by atoms with Gasteiger partial charge in [-0.1, -0.05) is 13.8 Å². The predicted octanol–water partition coefficient (Wildman–Crippen LogP) is 4.10. The molecule has 0 bridgehead atoms. The lowest BCUT2D eigenvalue weighted by molar-refractivity contribution is 0.464. The summed E-state index contributed by atoms with van der Waals surface area (Å²) in [5.41, 5.74) is 2.39. The molecule has 0 saturated heterocycles. The highest BCUT2D eigenvalue weighted by Gasteiger charge is 2.20. The maximum absolute atomic E-state index is 4.61. The Hall–Kier alpha value is -0.720. The average Bonchev–Trinajstić information content (AvgIpc) is 3.02. The maximum atomic E-state index is 4.61. The van der Waals surface area contributed by atoms with Crippen LogP contribution in [0.5, 0.6) is 0 Å². The Bertz CT molecular complexity index is 564. The molecule has 1 unspecified atom stereocenters. The molecule has 0 saturated carbocycles. The Morgan fingerprint density at radius 1 is 1.38 bits per heavy atom. The van der Waals surface area contributed by atoms with E-state index in [0.29, 0.717) is 0 Å². The van der Waals surface area contributed by atoms with Gasteiger partial charge in [0.2, 0.25) is 0 Å². The minimum Gasteiger partial charge on any atom is -0.308 e. The molecular formula is C15H23BrN4S. The number of nitrogens with zero attached hydrogens (tertiary/aromatic N) is 3. The van der Waals surface area contributed by atoms with Gasteiger partial charge in [0.25, 0.3) is 0 Å². The molecule has 0 radical (unpaired) electrons. The van der Waals surface area contributed by atoms with Crippen LogP contribution >= 0.6 is 27.3 Å². The summed E-state index contributed by atoms with van der Waals surface area (Å²) in [7, 11) is 0. The van der Waals surface area contributed by atoms with Crippen molar-refractivity contribution in [3.05, 3.63) is 32.4 Å². The monoisotopic (exact) mass is 370 g/mol. The van der Waals surface area contributed by atoms with E-state index in [2.05, 4.69) is 62.2 Å². The van der Waals surface area contributed by atoms with Crippen molar-refractivity contribution in [3.63, 3.8) is 0 Å². The summed E-state index contributed by atoms with van der Waals surface area (Å²) in [5, 5.41) is 11.4. The van der Waals surface area contributed by atoms with Crippen molar-refractivity contribution >= 4 is 27.3 Å². The zero-order valence-corrected chi connectivity index (χ0v) is 15.3. The lowest BCUT2D eigenvalue weighted by Crippen LogP contribution is -2.27. The van der Waals surface area contributed by atoms with E-state index in [9.17, 15) is 0 Å². The Morgan fingerprint density at radius 2 is 2.19 bits per heavy atom. The second-order valence-corrected chi connectivity index (χ2v) is 7.09. The first-order valence-electron chi connectivity index (χ1n) is 7.51. The van der Waals surface area contributed by atoms with Crippen LogP contribution in [0.2, 0.25) is 0 Å². The number of nitrogens with one attached hydrogen (secondary N) is 1. The molecule has 2 rings (SSSR count). The number of aromatic nitrogens is 3. The molecule has 116 valence electrons. The van der Waals surface area contributed by atoms with Gasteiger partial charge in [-0.25, -0.2) is 4.98 Å². The zero-order valence-electron chi connectivity index (χ0n) is 12.9. The van der Waals surface area contributed by atoms with Gasteiger partial charge in [-0.05, 0) is 42.2 Å². The van der Waals surface area contributed by atoms with E-state index < -0.39 is 0 Å². The number of aryl methyl sites for hydroxylation is 2. The van der Waals surface area contributed by atoms with Crippen molar-refractivity contribution in [3.8, 4) is 0 Å². The van der Waals surface area contributed by atoms with Gasteiger partial charge in [0.15, 0.2) is 0 Å². The molecular weight excluding hydrogens is 348 g/mol. The van der Waals surface area contributed by atoms with Crippen molar-refractivity contribution in [1.82, 2.24) is 20.1 Å². The molecule has 4 nitrogen and oxygen atoms in total. The van der Waals surface area contributed by atoms with E-state index in [1.807, 2.05) is 6.20 Å². The second kappa shape index (κ2) is 8.06. The topological polar surface area (TPSA) is 42.7 Å².